The second-order valence-electron chi connectivity index (χ2n) is 5.92. The lowest BCUT2D eigenvalue weighted by molar-refractivity contribution is -0.125. The Morgan fingerprint density at radius 3 is 2.60 bits per heavy atom. The molecular weight excluding hydrogens is 349 g/mol. The van der Waals surface area contributed by atoms with Gasteiger partial charge in [0, 0.05) is 26.3 Å². The van der Waals surface area contributed by atoms with Crippen LogP contribution in [0.4, 0.5) is 4.39 Å². The van der Waals surface area contributed by atoms with Crippen LogP contribution in [0.5, 0.6) is 0 Å². The quantitative estimate of drug-likeness (QED) is 0.616. The summed E-state index contributed by atoms with van der Waals surface area (Å²) in [6.07, 6.45) is 1.69. The van der Waals surface area contributed by atoms with Gasteiger partial charge in [-0.1, -0.05) is 12.1 Å². The molecule has 0 aromatic heterocycles. The van der Waals surface area contributed by atoms with E-state index in [1.54, 1.807) is 12.1 Å². The molecule has 1 aliphatic heterocycles. The predicted molar refractivity (Wildman–Crippen MR) is 94.9 cm³/mol. The summed E-state index contributed by atoms with van der Waals surface area (Å²) in [5.74, 6) is -0.652. The smallest absolute Gasteiger partial charge is 0.237 e. The number of rotatable bonds is 7. The van der Waals surface area contributed by atoms with Crippen LogP contribution in [0.3, 0.4) is 0 Å². The fourth-order valence-corrected chi connectivity index (χ4v) is 2.69. The van der Waals surface area contributed by atoms with Crippen LogP contribution in [0.1, 0.15) is 18.4 Å². The van der Waals surface area contributed by atoms with E-state index < -0.39 is 6.04 Å². The molecule has 1 aliphatic rings. The van der Waals surface area contributed by atoms with Gasteiger partial charge in [0.25, 0.3) is 0 Å². The number of hydrogen-bond donors (Lipinski definition) is 3. The summed E-state index contributed by atoms with van der Waals surface area (Å²) >= 11 is 0. The Hall–Kier alpha value is -1.70. The maximum absolute atomic E-state index is 13.0. The van der Waals surface area contributed by atoms with Gasteiger partial charge < -0.3 is 21.1 Å². The number of amides is 2. The number of nitrogens with one attached hydrogen (secondary N) is 2. The zero-order valence-corrected chi connectivity index (χ0v) is 14.8. The zero-order valence-electron chi connectivity index (χ0n) is 14.0. The monoisotopic (exact) mass is 373 g/mol. The first-order valence-electron chi connectivity index (χ1n) is 8.18. The first kappa shape index (κ1) is 21.3. The van der Waals surface area contributed by atoms with Crippen molar-refractivity contribution in [3.63, 3.8) is 0 Å². The van der Waals surface area contributed by atoms with Crippen molar-refractivity contribution in [3.8, 4) is 0 Å². The molecule has 0 bridgehead atoms. The van der Waals surface area contributed by atoms with E-state index in [1.807, 2.05) is 0 Å². The Balaban J connectivity index is 0.00000312. The van der Waals surface area contributed by atoms with Crippen LogP contribution in [0, 0.1) is 11.7 Å². The highest BCUT2D eigenvalue weighted by Crippen LogP contribution is 2.17. The van der Waals surface area contributed by atoms with Gasteiger partial charge in [-0.3, -0.25) is 9.59 Å². The molecule has 1 heterocycles. The Morgan fingerprint density at radius 2 is 1.92 bits per heavy atom. The van der Waals surface area contributed by atoms with E-state index in [0.717, 1.165) is 12.8 Å². The van der Waals surface area contributed by atoms with Gasteiger partial charge in [-0.15, -0.1) is 12.4 Å². The first-order valence-corrected chi connectivity index (χ1v) is 8.18. The normalized spacial score (nSPS) is 15.8. The molecule has 0 spiro atoms. The van der Waals surface area contributed by atoms with E-state index >= 15 is 0 Å². The van der Waals surface area contributed by atoms with E-state index in [0.29, 0.717) is 31.9 Å². The molecule has 6 nitrogen and oxygen atoms in total. The second kappa shape index (κ2) is 11.0. The Labute approximate surface area is 153 Å². The summed E-state index contributed by atoms with van der Waals surface area (Å²) in [5.41, 5.74) is 6.57. The minimum atomic E-state index is -0.545. The molecule has 8 heteroatoms. The SMILES string of the molecule is Cl.NC(C(=O)NCCNC(=O)Cc1cccc(F)c1)C1CCOCC1. The van der Waals surface area contributed by atoms with E-state index in [2.05, 4.69) is 10.6 Å². The molecule has 1 fully saturated rings. The number of carbonyl (C=O) groups is 2. The number of benzene rings is 1. The third-order valence-corrected chi connectivity index (χ3v) is 4.08. The van der Waals surface area contributed by atoms with Crippen LogP contribution in [0.15, 0.2) is 24.3 Å². The summed E-state index contributed by atoms with van der Waals surface area (Å²) in [6, 6.07) is 5.37. The standard InChI is InChI=1S/C17H24FN3O3.ClH/c18-14-3-1-2-12(10-14)11-15(22)20-6-7-21-17(23)16(19)13-4-8-24-9-5-13;/h1-3,10,13,16H,4-9,11,19H2,(H,20,22)(H,21,23);1H. The van der Waals surface area contributed by atoms with Gasteiger partial charge in [0.1, 0.15) is 5.82 Å². The fourth-order valence-electron chi connectivity index (χ4n) is 2.69. The molecule has 2 rings (SSSR count). The van der Waals surface area contributed by atoms with Gasteiger partial charge in [0.05, 0.1) is 12.5 Å². The lowest BCUT2D eigenvalue weighted by Gasteiger charge is -2.26. The van der Waals surface area contributed by atoms with Crippen molar-refractivity contribution in [3.05, 3.63) is 35.6 Å². The van der Waals surface area contributed by atoms with Gasteiger partial charge >= 0.3 is 0 Å². The lowest BCUT2D eigenvalue weighted by Crippen LogP contribution is -2.48. The van der Waals surface area contributed by atoms with E-state index in [9.17, 15) is 14.0 Å². The van der Waals surface area contributed by atoms with Gasteiger partial charge in [-0.2, -0.15) is 0 Å². The van der Waals surface area contributed by atoms with E-state index in [-0.39, 0.29) is 42.4 Å². The zero-order chi connectivity index (χ0) is 17.4. The topological polar surface area (TPSA) is 93.5 Å². The van der Waals surface area contributed by atoms with Crippen molar-refractivity contribution in [2.24, 2.45) is 11.7 Å². The second-order valence-corrected chi connectivity index (χ2v) is 5.92. The largest absolute Gasteiger partial charge is 0.381 e. The molecule has 1 atom stereocenters. The maximum Gasteiger partial charge on any atom is 0.237 e. The molecule has 0 radical (unpaired) electrons. The Bertz CT molecular complexity index is 568. The Morgan fingerprint density at radius 1 is 1.24 bits per heavy atom. The molecule has 1 saturated heterocycles. The number of hydrogen-bond acceptors (Lipinski definition) is 4. The average Bonchev–Trinajstić information content (AvgIpc) is 2.58. The van der Waals surface area contributed by atoms with Crippen LogP contribution >= 0.6 is 12.4 Å². The predicted octanol–water partition coefficient (Wildman–Crippen LogP) is 0.776. The van der Waals surface area contributed by atoms with Crippen LogP contribution < -0.4 is 16.4 Å². The first-order chi connectivity index (χ1) is 11.6. The Kier molecular flexibility index (Phi) is 9.41. The molecule has 0 aliphatic carbocycles. The van der Waals surface area contributed by atoms with Crippen LogP contribution in [-0.4, -0.2) is 44.2 Å². The van der Waals surface area contributed by atoms with Gasteiger partial charge in [-0.05, 0) is 36.5 Å². The highest BCUT2D eigenvalue weighted by molar-refractivity contribution is 5.85. The molecule has 0 saturated carbocycles. The van der Waals surface area contributed by atoms with Crippen molar-refractivity contribution < 1.29 is 18.7 Å². The molecule has 1 unspecified atom stereocenters. The van der Waals surface area contributed by atoms with E-state index in [1.165, 1.54) is 12.1 Å². The van der Waals surface area contributed by atoms with Crippen molar-refractivity contribution in [1.29, 1.82) is 0 Å². The number of ether oxygens (including phenoxy) is 1. The summed E-state index contributed by atoms with van der Waals surface area (Å²) in [5, 5.41) is 5.42. The summed E-state index contributed by atoms with van der Waals surface area (Å²) in [6.45, 7) is 1.90. The van der Waals surface area contributed by atoms with Crippen LogP contribution in [0.2, 0.25) is 0 Å². The number of halogens is 2. The summed E-state index contributed by atoms with van der Waals surface area (Å²) < 4.78 is 18.3. The third kappa shape index (κ3) is 7.37. The lowest BCUT2D eigenvalue weighted by atomic mass is 9.92. The molecule has 2 amide bonds. The molecule has 4 N–H and O–H groups in total. The van der Waals surface area contributed by atoms with Gasteiger partial charge in [0.15, 0.2) is 0 Å². The molecular formula is C17H25ClFN3O3. The fraction of sp³-hybridized carbons (Fsp3) is 0.529. The number of carbonyl (C=O) groups excluding carboxylic acids is 2. The minimum Gasteiger partial charge on any atom is -0.381 e. The maximum atomic E-state index is 13.0. The molecule has 140 valence electrons. The van der Waals surface area contributed by atoms with Crippen molar-refractivity contribution in [1.82, 2.24) is 10.6 Å². The minimum absolute atomic E-state index is 0. The van der Waals surface area contributed by atoms with Crippen molar-refractivity contribution >= 4 is 24.2 Å². The van der Waals surface area contributed by atoms with Gasteiger partial charge in [-0.25, -0.2) is 4.39 Å². The van der Waals surface area contributed by atoms with Crippen molar-refractivity contribution in [2.75, 3.05) is 26.3 Å². The highest BCUT2D eigenvalue weighted by atomic mass is 35.5. The van der Waals surface area contributed by atoms with E-state index in [4.69, 9.17) is 10.5 Å². The summed E-state index contributed by atoms with van der Waals surface area (Å²) in [4.78, 5) is 23.7. The number of nitrogens with two attached hydrogens (primary N) is 1. The van der Waals surface area contributed by atoms with Crippen LogP contribution in [0.25, 0.3) is 0 Å². The molecule has 25 heavy (non-hydrogen) atoms. The molecule has 1 aromatic carbocycles. The van der Waals surface area contributed by atoms with Crippen molar-refractivity contribution in [2.45, 2.75) is 25.3 Å². The van der Waals surface area contributed by atoms with Gasteiger partial charge in [0.2, 0.25) is 11.8 Å². The third-order valence-electron chi connectivity index (χ3n) is 4.08. The average molecular weight is 374 g/mol. The van der Waals surface area contributed by atoms with Crippen LogP contribution in [-0.2, 0) is 20.7 Å². The molecule has 1 aromatic rings. The summed E-state index contributed by atoms with van der Waals surface area (Å²) in [7, 11) is 0. The highest BCUT2D eigenvalue weighted by Gasteiger charge is 2.26.